The zero-order valence-corrected chi connectivity index (χ0v) is 61.9. The number of hydrogen-bond donors (Lipinski definition) is 28. The molecule has 9 fully saturated rings. The highest BCUT2D eigenvalue weighted by Gasteiger charge is 2.62. The number of nitrogens with one attached hydrogen (secondary N) is 5. The van der Waals surface area contributed by atoms with E-state index in [0.29, 0.717) is 0 Å². The molecule has 0 aromatic carbocycles. The fourth-order valence-electron chi connectivity index (χ4n) is 14.7. The number of carbonyl (C=O) groups is 5. The Bertz CT molecular complexity index is 3080. The van der Waals surface area contributed by atoms with E-state index in [0.717, 1.165) is 34.6 Å². The van der Waals surface area contributed by atoms with Gasteiger partial charge in [0, 0.05) is 34.6 Å². The average molecular weight is 1670 g/mol. The van der Waals surface area contributed by atoms with Gasteiger partial charge in [-0.15, -0.1) is 0 Å². The Labute approximate surface area is 646 Å². The summed E-state index contributed by atoms with van der Waals surface area (Å²) < 4.78 is 104. The second-order valence-corrected chi connectivity index (χ2v) is 28.9. The molecule has 0 spiro atoms. The summed E-state index contributed by atoms with van der Waals surface area (Å²) in [6.45, 7) is -2.89. The van der Waals surface area contributed by atoms with E-state index in [9.17, 15) is 141 Å². The molecule has 9 saturated heterocycles. The molecule has 0 bridgehead atoms. The van der Waals surface area contributed by atoms with Crippen molar-refractivity contribution >= 4 is 29.5 Å². The summed E-state index contributed by atoms with van der Waals surface area (Å²) in [6.07, 6.45) is -83.9. The first-order valence-corrected chi connectivity index (χ1v) is 36.5. The molecule has 114 heavy (non-hydrogen) atoms. The molecule has 5 amide bonds. The topological polar surface area (TPSA) is 768 Å². The van der Waals surface area contributed by atoms with Crippen LogP contribution < -0.4 is 26.6 Å². The van der Waals surface area contributed by atoms with E-state index in [4.69, 9.17) is 80.5 Å². The standard InChI is InChI=1S/C64H107N5O45/c1-15-34(81)44(91)46(93)61(100-15)98-13-27-52(42(89)29(56(97)101-27)65-16(2)76)110-60-33(69-20(6)80)43(90)50(25(11-74)106-60)111-63-49(96)54(53(112-58-31(67-18(4)78)40(87)36(83)22(8-71)103-58)28(108-63)14-99-62-47(94)45(92)38(85)24(10-73)105-62)113-64-55(114-59-32(68-19(5)79)41(88)37(84)23(9-72)104-59)48(95)51(26(12-75)107-64)109-57-30(66-17(3)77)39(86)35(82)21(7-70)102-57/h15,21-64,70-75,81-97H,7-14H2,1-6H3,(H,65,76)(H,66,77)(H,67,78)(H,68,79)(H,69,80)/t15-,21+,22+,23+,24+,25+,26+,27+,28+,29+,30+,31+,32+,33+,34+,35+,36+,37+,38+,39+,40+,41+,42+,43+,44+,45-,46-,47-,48-,49-,50+,51+,52+,53+,54+,55-,56?,57-,58-,59-,60-,61+,62-,63-,64+/m0/s1. The molecule has 658 valence electrons. The van der Waals surface area contributed by atoms with Gasteiger partial charge in [0.05, 0.1) is 59.0 Å². The largest absolute Gasteiger partial charge is 0.394 e. The highest BCUT2D eigenvalue weighted by Crippen LogP contribution is 2.41. The molecule has 9 aliphatic heterocycles. The van der Waals surface area contributed by atoms with Crippen molar-refractivity contribution < 1.29 is 222 Å². The zero-order chi connectivity index (χ0) is 84.1. The highest BCUT2D eigenvalue weighted by molar-refractivity contribution is 5.75. The minimum absolute atomic E-state index is 0.843. The summed E-state index contributed by atoms with van der Waals surface area (Å²) in [4.78, 5) is 64.4. The lowest BCUT2D eigenvalue weighted by atomic mass is 9.93. The second kappa shape index (κ2) is 40.9. The van der Waals surface area contributed by atoms with E-state index in [1.54, 1.807) is 0 Å². The molecule has 9 rings (SSSR count). The molecule has 45 atom stereocenters. The molecule has 50 heteroatoms. The van der Waals surface area contributed by atoms with E-state index in [1.165, 1.54) is 6.92 Å². The Kier molecular flexibility index (Phi) is 33.6. The number of ether oxygens (including phenoxy) is 17. The Balaban J connectivity index is 1.16. The lowest BCUT2D eigenvalue weighted by Crippen LogP contribution is -2.72. The van der Waals surface area contributed by atoms with Gasteiger partial charge in [-0.25, -0.2) is 0 Å². The van der Waals surface area contributed by atoms with Crippen molar-refractivity contribution in [3.05, 3.63) is 0 Å². The first-order valence-electron chi connectivity index (χ1n) is 36.5. The minimum Gasteiger partial charge on any atom is -0.394 e. The monoisotopic (exact) mass is 1670 g/mol. The molecule has 0 radical (unpaired) electrons. The number of hydrogen-bond acceptors (Lipinski definition) is 45. The maximum atomic E-state index is 13.3. The van der Waals surface area contributed by atoms with Crippen LogP contribution in [0, 0.1) is 0 Å². The molecule has 0 aliphatic carbocycles. The highest BCUT2D eigenvalue weighted by atomic mass is 16.8. The third-order valence-electron chi connectivity index (χ3n) is 20.7. The summed E-state index contributed by atoms with van der Waals surface area (Å²) in [6, 6.07) is -9.51. The summed E-state index contributed by atoms with van der Waals surface area (Å²) in [7, 11) is 0. The van der Waals surface area contributed by atoms with Gasteiger partial charge in [-0.3, -0.25) is 24.0 Å². The summed E-state index contributed by atoms with van der Waals surface area (Å²) >= 11 is 0. The lowest BCUT2D eigenvalue weighted by molar-refractivity contribution is -0.411. The lowest BCUT2D eigenvalue weighted by Gasteiger charge is -2.53. The van der Waals surface area contributed by atoms with Gasteiger partial charge in [0.15, 0.2) is 56.6 Å². The summed E-state index contributed by atoms with van der Waals surface area (Å²) in [5.74, 6) is -4.63. The summed E-state index contributed by atoms with van der Waals surface area (Å²) in [5.41, 5.74) is 0. The van der Waals surface area contributed by atoms with Crippen LogP contribution in [0.15, 0.2) is 0 Å². The van der Waals surface area contributed by atoms with Gasteiger partial charge in [0.2, 0.25) is 29.5 Å². The van der Waals surface area contributed by atoms with Gasteiger partial charge in [-0.2, -0.15) is 0 Å². The van der Waals surface area contributed by atoms with E-state index in [2.05, 4.69) is 26.6 Å². The van der Waals surface area contributed by atoms with Crippen LogP contribution in [-0.2, 0) is 104 Å². The fraction of sp³-hybridized carbons (Fsp3) is 0.922. The van der Waals surface area contributed by atoms with Crippen LogP contribution in [0.1, 0.15) is 41.5 Å². The molecule has 0 saturated carbocycles. The van der Waals surface area contributed by atoms with Crippen molar-refractivity contribution in [3.8, 4) is 0 Å². The van der Waals surface area contributed by atoms with E-state index in [-0.39, 0.29) is 0 Å². The van der Waals surface area contributed by atoms with Gasteiger partial charge in [0.25, 0.3) is 0 Å². The predicted octanol–water partition coefficient (Wildman–Crippen LogP) is -18.9. The van der Waals surface area contributed by atoms with E-state index >= 15 is 0 Å². The fourth-order valence-corrected chi connectivity index (χ4v) is 14.7. The molecular formula is C64H107N5O45. The van der Waals surface area contributed by atoms with Crippen molar-refractivity contribution in [2.75, 3.05) is 52.9 Å². The third-order valence-corrected chi connectivity index (χ3v) is 20.7. The number of rotatable bonds is 29. The molecule has 1 unspecified atom stereocenters. The number of aliphatic hydroxyl groups excluding tert-OH is 23. The van der Waals surface area contributed by atoms with Crippen LogP contribution >= 0.6 is 0 Å². The maximum absolute atomic E-state index is 13.3. The maximum Gasteiger partial charge on any atom is 0.217 e. The first-order chi connectivity index (χ1) is 53.8. The predicted molar refractivity (Wildman–Crippen MR) is 354 cm³/mol. The van der Waals surface area contributed by atoms with E-state index in [1.807, 2.05) is 0 Å². The van der Waals surface area contributed by atoms with E-state index < -0.39 is 358 Å². The molecule has 0 aromatic heterocycles. The molecule has 28 N–H and O–H groups in total. The van der Waals surface area contributed by atoms with Gasteiger partial charge in [-0.05, 0) is 6.92 Å². The van der Waals surface area contributed by atoms with Gasteiger partial charge in [0.1, 0.15) is 213 Å². The number of amides is 5. The van der Waals surface area contributed by atoms with Crippen LogP contribution in [0.3, 0.4) is 0 Å². The van der Waals surface area contributed by atoms with Crippen LogP contribution in [0.2, 0.25) is 0 Å². The van der Waals surface area contributed by atoms with Crippen molar-refractivity contribution in [1.29, 1.82) is 0 Å². The van der Waals surface area contributed by atoms with Crippen LogP contribution in [-0.4, -0.2) is 476 Å². The third kappa shape index (κ3) is 21.0. The Morgan fingerprint density at radius 2 is 0.526 bits per heavy atom. The zero-order valence-electron chi connectivity index (χ0n) is 61.9. The van der Waals surface area contributed by atoms with Crippen LogP contribution in [0.5, 0.6) is 0 Å². The van der Waals surface area contributed by atoms with Crippen molar-refractivity contribution in [2.45, 2.75) is 318 Å². The SMILES string of the molecule is CC(=O)N[C@H]1[C@H](O[C@H]2[C@H](O)[C@@H](NC(C)=O)C(O)O[C@@H]2CO[C@@H]2O[C@@H](C)[C@@H](O)[C@@H](O)[C@@H]2O)O[C@H](CO)[C@@H](O[C@@H]2O[C@H](CO[C@H]3O[C@H](CO)[C@@H](O)[C@H](O)[C@@H]3O)[C@@H](O[C@@H]3O[C@H](CO)[C@@H](O)[C@H](O)[C@H]3NC(C)=O)[C@H](O[C@H]3O[C@H](CO)[C@@H](O[C@@H]4O[C@H](CO)[C@@H](O)[C@H](O)[C@H]4NC(C)=O)[C@H](O)[C@@H]3O[C@@H]3O[C@H](CO)[C@@H](O)[C@H](O)[C@H]3NC(C)=O)[C@@H]2O)[C@@H]1O. The van der Waals surface area contributed by atoms with Gasteiger partial charge < -0.3 is 225 Å². The quantitative estimate of drug-likeness (QED) is 0.0331. The Morgan fingerprint density at radius 1 is 0.246 bits per heavy atom. The van der Waals surface area contributed by atoms with Gasteiger partial charge >= 0.3 is 0 Å². The van der Waals surface area contributed by atoms with Crippen molar-refractivity contribution in [2.24, 2.45) is 0 Å². The number of aliphatic hydroxyl groups is 23. The smallest absolute Gasteiger partial charge is 0.217 e. The Hall–Kier alpha value is -4.25. The summed E-state index contributed by atoms with van der Waals surface area (Å²) in [5, 5.41) is 270. The Morgan fingerprint density at radius 3 is 0.939 bits per heavy atom. The normalized spacial score (nSPS) is 48.2. The number of carbonyl (C=O) groups excluding carboxylic acids is 5. The first kappa shape index (κ1) is 93.6. The van der Waals surface area contributed by atoms with Crippen molar-refractivity contribution in [3.63, 3.8) is 0 Å². The van der Waals surface area contributed by atoms with Crippen molar-refractivity contribution in [1.82, 2.24) is 26.6 Å². The molecule has 9 aliphatic rings. The van der Waals surface area contributed by atoms with Crippen LogP contribution in [0.4, 0.5) is 0 Å². The molecule has 50 nitrogen and oxygen atoms in total. The molecule has 0 aromatic rings. The second-order valence-electron chi connectivity index (χ2n) is 28.9. The van der Waals surface area contributed by atoms with Crippen LogP contribution in [0.25, 0.3) is 0 Å². The average Bonchev–Trinajstić information content (AvgIpc) is 0.755. The molecule has 9 heterocycles. The minimum atomic E-state index is -2.72. The molecular weight excluding hydrogens is 1560 g/mol. The van der Waals surface area contributed by atoms with Gasteiger partial charge in [-0.1, -0.05) is 0 Å².